The molecular formula is C22H20F4N4O2. The molecule has 3 aromatic rings. The van der Waals surface area contributed by atoms with Crippen LogP contribution in [0.5, 0.6) is 0 Å². The van der Waals surface area contributed by atoms with Gasteiger partial charge in [0.25, 0.3) is 5.91 Å². The maximum absolute atomic E-state index is 13.3. The van der Waals surface area contributed by atoms with Crippen LogP contribution in [0, 0.1) is 5.82 Å². The van der Waals surface area contributed by atoms with E-state index in [1.54, 1.807) is 31.3 Å². The van der Waals surface area contributed by atoms with Crippen LogP contribution in [0.3, 0.4) is 0 Å². The molecule has 168 valence electrons. The van der Waals surface area contributed by atoms with Crippen LogP contribution in [-0.4, -0.2) is 43.2 Å². The molecule has 1 aromatic carbocycles. The monoisotopic (exact) mass is 448 g/mol. The number of rotatable bonds is 3. The van der Waals surface area contributed by atoms with Crippen molar-refractivity contribution in [2.24, 2.45) is 0 Å². The van der Waals surface area contributed by atoms with Crippen LogP contribution in [0.15, 0.2) is 48.9 Å². The number of halogens is 4. The molecule has 10 heteroatoms. The zero-order valence-corrected chi connectivity index (χ0v) is 17.3. The molecule has 2 atom stereocenters. The van der Waals surface area contributed by atoms with E-state index in [-0.39, 0.29) is 24.8 Å². The summed E-state index contributed by atoms with van der Waals surface area (Å²) < 4.78 is 54.5. The lowest BCUT2D eigenvalue weighted by atomic mass is 10.0. The van der Waals surface area contributed by atoms with Gasteiger partial charge in [0, 0.05) is 24.5 Å². The number of nitrogens with zero attached hydrogens (tertiary/aromatic N) is 4. The van der Waals surface area contributed by atoms with Gasteiger partial charge in [-0.25, -0.2) is 9.37 Å². The fraction of sp³-hybridized carbons (Fsp3) is 0.318. The highest BCUT2D eigenvalue weighted by molar-refractivity contribution is 5.95. The molecule has 0 bridgehead atoms. The van der Waals surface area contributed by atoms with E-state index < -0.39 is 23.6 Å². The molecule has 0 aliphatic carbocycles. The van der Waals surface area contributed by atoms with Crippen LogP contribution in [0.1, 0.15) is 41.8 Å². The van der Waals surface area contributed by atoms with E-state index in [1.807, 2.05) is 0 Å². The van der Waals surface area contributed by atoms with Crippen LogP contribution in [0.2, 0.25) is 0 Å². The fourth-order valence-electron chi connectivity index (χ4n) is 3.85. The Balaban J connectivity index is 1.61. The average Bonchev–Trinajstić information content (AvgIpc) is 3.18. The minimum atomic E-state index is -4.89. The van der Waals surface area contributed by atoms with Gasteiger partial charge in [-0.2, -0.15) is 13.2 Å². The van der Waals surface area contributed by atoms with Gasteiger partial charge in [0.05, 0.1) is 30.0 Å². The van der Waals surface area contributed by atoms with E-state index in [0.717, 1.165) is 0 Å². The van der Waals surface area contributed by atoms with E-state index in [9.17, 15) is 27.5 Å². The third kappa shape index (κ3) is 3.75. The first-order chi connectivity index (χ1) is 15.0. The number of hydrogen-bond donors (Lipinski definition) is 1. The molecule has 0 saturated carbocycles. The highest BCUT2D eigenvalue weighted by Crippen LogP contribution is 2.40. The first kappa shape index (κ1) is 21.9. The highest BCUT2D eigenvalue weighted by atomic mass is 19.4. The van der Waals surface area contributed by atoms with Crippen molar-refractivity contribution in [3.8, 4) is 11.1 Å². The predicted molar refractivity (Wildman–Crippen MR) is 107 cm³/mol. The lowest BCUT2D eigenvalue weighted by Gasteiger charge is -2.36. The number of pyridine rings is 1. The number of carbonyl (C=O) groups excluding carboxylic acids is 1. The van der Waals surface area contributed by atoms with E-state index in [4.69, 9.17) is 0 Å². The summed E-state index contributed by atoms with van der Waals surface area (Å²) >= 11 is 0. The van der Waals surface area contributed by atoms with E-state index in [2.05, 4.69) is 9.97 Å². The molecule has 32 heavy (non-hydrogen) atoms. The number of fused-ring (bicyclic) bond motifs is 1. The van der Waals surface area contributed by atoms with Crippen LogP contribution in [0.4, 0.5) is 17.6 Å². The van der Waals surface area contributed by atoms with Gasteiger partial charge < -0.3 is 14.6 Å². The largest absolute Gasteiger partial charge is 0.424 e. The van der Waals surface area contributed by atoms with Crippen molar-refractivity contribution in [3.63, 3.8) is 0 Å². The number of amides is 1. The first-order valence-corrected chi connectivity index (χ1v) is 9.85. The van der Waals surface area contributed by atoms with Crippen molar-refractivity contribution in [3.05, 3.63) is 71.8 Å². The van der Waals surface area contributed by atoms with Crippen molar-refractivity contribution >= 4 is 5.91 Å². The minimum Gasteiger partial charge on any atom is -0.374 e. The second-order valence-electron chi connectivity index (χ2n) is 8.02. The summed E-state index contributed by atoms with van der Waals surface area (Å²) in [6.07, 6.45) is -0.678. The quantitative estimate of drug-likeness (QED) is 0.614. The Hall–Kier alpha value is -3.27. The van der Waals surface area contributed by atoms with Gasteiger partial charge in [-0.1, -0.05) is 12.1 Å². The van der Waals surface area contributed by atoms with E-state index in [1.165, 1.54) is 34.0 Å². The van der Waals surface area contributed by atoms with Crippen LogP contribution < -0.4 is 0 Å². The summed E-state index contributed by atoms with van der Waals surface area (Å²) in [6, 6.07) is 6.88. The van der Waals surface area contributed by atoms with Gasteiger partial charge >= 0.3 is 6.18 Å². The lowest BCUT2D eigenvalue weighted by Crippen LogP contribution is -2.45. The molecule has 6 nitrogen and oxygen atoms in total. The summed E-state index contributed by atoms with van der Waals surface area (Å²) in [7, 11) is 0. The minimum absolute atomic E-state index is 0.0326. The summed E-state index contributed by atoms with van der Waals surface area (Å²) in [4.78, 5) is 22.6. The summed E-state index contributed by atoms with van der Waals surface area (Å²) in [5, 5.41) is 10.1. The second-order valence-corrected chi connectivity index (χ2v) is 8.02. The molecule has 1 aliphatic rings. The Morgan fingerprint density at radius 1 is 1.12 bits per heavy atom. The molecule has 0 saturated heterocycles. The smallest absolute Gasteiger partial charge is 0.374 e. The summed E-state index contributed by atoms with van der Waals surface area (Å²) in [5.41, 5.74) is -1.10. The van der Waals surface area contributed by atoms with Crippen molar-refractivity contribution < 1.29 is 27.5 Å². The highest BCUT2D eigenvalue weighted by Gasteiger charge is 2.55. The molecule has 0 radical (unpaired) electrons. The Morgan fingerprint density at radius 3 is 2.47 bits per heavy atom. The first-order valence-electron chi connectivity index (χ1n) is 9.85. The van der Waals surface area contributed by atoms with Crippen molar-refractivity contribution in [1.29, 1.82) is 0 Å². The summed E-state index contributed by atoms with van der Waals surface area (Å²) in [5.74, 6) is -1.22. The maximum Gasteiger partial charge on any atom is 0.424 e. The van der Waals surface area contributed by atoms with Crippen molar-refractivity contribution in [2.75, 3.05) is 6.54 Å². The van der Waals surface area contributed by atoms with Gasteiger partial charge in [0.2, 0.25) is 5.60 Å². The Bertz CT molecular complexity index is 1160. The number of imidazole rings is 1. The van der Waals surface area contributed by atoms with E-state index in [0.29, 0.717) is 29.3 Å². The molecule has 3 heterocycles. The molecule has 2 aromatic heterocycles. The molecule has 0 spiro atoms. The van der Waals surface area contributed by atoms with Gasteiger partial charge in [-0.3, -0.25) is 9.78 Å². The van der Waals surface area contributed by atoms with Crippen LogP contribution in [0.25, 0.3) is 11.1 Å². The number of alkyl halides is 3. The van der Waals surface area contributed by atoms with Gasteiger partial charge in [-0.15, -0.1) is 0 Å². The van der Waals surface area contributed by atoms with Crippen LogP contribution >= 0.6 is 0 Å². The van der Waals surface area contributed by atoms with Crippen LogP contribution in [-0.2, 0) is 12.1 Å². The lowest BCUT2D eigenvalue weighted by molar-refractivity contribution is -0.263. The SMILES string of the molecule is C[C@H]1CN(C(=O)c2cncc(-c3ccc(F)cc3)c2)Cc2cnc([C@@](C)(O)C(F)(F)F)n21. The number of hydrogen-bond acceptors (Lipinski definition) is 4. The molecule has 0 fully saturated rings. The zero-order valence-electron chi connectivity index (χ0n) is 17.3. The Labute approximate surface area is 181 Å². The molecular weight excluding hydrogens is 428 g/mol. The Morgan fingerprint density at radius 2 is 1.81 bits per heavy atom. The molecule has 1 N–H and O–H groups in total. The summed E-state index contributed by atoms with van der Waals surface area (Å²) in [6.45, 7) is 2.49. The fourth-order valence-corrected chi connectivity index (χ4v) is 3.85. The predicted octanol–water partition coefficient (Wildman–Crippen LogP) is 4.07. The van der Waals surface area contributed by atoms with Gasteiger partial charge in [0.1, 0.15) is 5.82 Å². The van der Waals surface area contributed by atoms with Gasteiger partial charge in [-0.05, 0) is 37.6 Å². The average molecular weight is 448 g/mol. The molecule has 4 rings (SSSR count). The Kier molecular flexibility index (Phi) is 5.28. The van der Waals surface area contributed by atoms with Gasteiger partial charge in [0.15, 0.2) is 5.82 Å². The standard InChI is InChI=1S/C22H20F4N4O2/c1-13-11-29(12-18-10-28-20(30(13)18)21(2,32)22(24,25)26)19(31)16-7-15(8-27-9-16)14-3-5-17(23)6-4-14/h3-10,13,32H,11-12H2,1-2H3/t13-,21+/m0/s1. The number of carbonyl (C=O) groups is 1. The molecule has 1 amide bonds. The third-order valence-electron chi connectivity index (χ3n) is 5.59. The van der Waals surface area contributed by atoms with Crippen molar-refractivity contribution in [2.45, 2.75) is 38.2 Å². The third-order valence-corrected chi connectivity index (χ3v) is 5.59. The number of aromatic nitrogens is 3. The zero-order chi connectivity index (χ0) is 23.3. The second kappa shape index (κ2) is 7.70. The molecule has 0 unspecified atom stereocenters. The maximum atomic E-state index is 13.3. The molecule has 1 aliphatic heterocycles. The van der Waals surface area contributed by atoms with Crippen molar-refractivity contribution in [1.82, 2.24) is 19.4 Å². The number of benzene rings is 1. The van der Waals surface area contributed by atoms with E-state index >= 15 is 0 Å². The number of aliphatic hydroxyl groups is 1. The normalized spacial score (nSPS) is 18.2. The topological polar surface area (TPSA) is 71.2 Å².